The zero-order chi connectivity index (χ0) is 24.3. The van der Waals surface area contributed by atoms with E-state index in [1.165, 1.54) is 62.7 Å². The van der Waals surface area contributed by atoms with Gasteiger partial charge in [-0.05, 0) is 67.6 Å². The van der Waals surface area contributed by atoms with E-state index in [0.29, 0.717) is 5.92 Å². The molecular formula is C24H27ClFN3O3S2. The van der Waals surface area contributed by atoms with Gasteiger partial charge in [0, 0.05) is 6.54 Å². The van der Waals surface area contributed by atoms with Crippen molar-refractivity contribution in [2.45, 2.75) is 43.9 Å². The summed E-state index contributed by atoms with van der Waals surface area (Å²) in [6.07, 6.45) is 6.39. The van der Waals surface area contributed by atoms with Crippen LogP contribution in [0.1, 0.15) is 37.8 Å². The molecule has 6 nitrogen and oxygen atoms in total. The van der Waals surface area contributed by atoms with E-state index in [-0.39, 0.29) is 21.4 Å². The Morgan fingerprint density at radius 2 is 1.94 bits per heavy atom. The molecule has 4 rings (SSSR count). The number of rotatable bonds is 8. The first-order valence-electron chi connectivity index (χ1n) is 11.1. The van der Waals surface area contributed by atoms with Crippen LogP contribution in [0.25, 0.3) is 10.4 Å². The predicted octanol–water partition coefficient (Wildman–Crippen LogP) is 6.71. The average Bonchev–Trinajstić information content (AvgIpc) is 3.20. The van der Waals surface area contributed by atoms with Gasteiger partial charge in [0.15, 0.2) is 5.13 Å². The molecule has 0 radical (unpaired) electrons. The molecule has 2 N–H and O–H groups in total. The number of anilines is 2. The molecule has 0 bridgehead atoms. The average molecular weight is 524 g/mol. The second-order valence-corrected chi connectivity index (χ2v) is 11.5. The summed E-state index contributed by atoms with van der Waals surface area (Å²) >= 11 is 7.31. The summed E-state index contributed by atoms with van der Waals surface area (Å²) in [5.41, 5.74) is 1.70. The Kier molecular flexibility index (Phi) is 7.64. The maximum atomic E-state index is 13.5. The molecule has 0 atom stereocenters. The molecule has 0 aliphatic heterocycles. The Morgan fingerprint density at radius 1 is 1.18 bits per heavy atom. The maximum absolute atomic E-state index is 13.5. The Hall–Kier alpha value is -2.36. The van der Waals surface area contributed by atoms with Crippen LogP contribution < -0.4 is 14.8 Å². The summed E-state index contributed by atoms with van der Waals surface area (Å²) in [5, 5.41) is 4.12. The number of nitrogens with zero attached hydrogens (tertiary/aromatic N) is 1. The van der Waals surface area contributed by atoms with Gasteiger partial charge in [-0.1, -0.05) is 42.2 Å². The lowest BCUT2D eigenvalue weighted by Crippen LogP contribution is -2.16. The van der Waals surface area contributed by atoms with E-state index in [2.05, 4.69) is 15.0 Å². The molecule has 0 saturated heterocycles. The standard InChI is InChI=1S/C24H27ClFN3O3S2/c1-15-23(33-24(28-15)27-14-16-6-4-3-5-7-16)17-8-11-21(32-2)22(12-17)34(30,31)29-18-9-10-20(26)19(25)13-18/h8-13,16,29H,3-7,14H2,1-2H3,(H,27,28). The van der Waals surface area contributed by atoms with Gasteiger partial charge in [-0.15, -0.1) is 0 Å². The van der Waals surface area contributed by atoms with Crippen molar-refractivity contribution in [3.05, 3.63) is 52.9 Å². The highest BCUT2D eigenvalue weighted by molar-refractivity contribution is 7.92. The monoisotopic (exact) mass is 523 g/mol. The Labute approximate surface area is 208 Å². The van der Waals surface area contributed by atoms with Crippen LogP contribution in [0.4, 0.5) is 15.2 Å². The fourth-order valence-corrected chi connectivity index (χ4v) is 6.56. The van der Waals surface area contributed by atoms with Gasteiger partial charge in [0.25, 0.3) is 10.0 Å². The molecule has 3 aromatic rings. The van der Waals surface area contributed by atoms with Gasteiger partial charge in [0.2, 0.25) is 0 Å². The van der Waals surface area contributed by atoms with Crippen LogP contribution in [0, 0.1) is 18.7 Å². The van der Waals surface area contributed by atoms with Gasteiger partial charge in [0.05, 0.1) is 28.4 Å². The molecule has 182 valence electrons. The number of nitrogens with one attached hydrogen (secondary N) is 2. The van der Waals surface area contributed by atoms with Gasteiger partial charge >= 0.3 is 0 Å². The molecule has 1 saturated carbocycles. The van der Waals surface area contributed by atoms with Crippen molar-refractivity contribution in [3.63, 3.8) is 0 Å². The first-order valence-corrected chi connectivity index (χ1v) is 13.8. The van der Waals surface area contributed by atoms with Crippen molar-refractivity contribution in [2.24, 2.45) is 5.92 Å². The van der Waals surface area contributed by atoms with E-state index in [1.54, 1.807) is 12.1 Å². The number of ether oxygens (including phenoxy) is 1. The molecule has 0 amide bonds. The minimum Gasteiger partial charge on any atom is -0.495 e. The normalized spacial score (nSPS) is 14.7. The molecule has 1 aliphatic rings. The van der Waals surface area contributed by atoms with Crippen molar-refractivity contribution in [2.75, 3.05) is 23.7 Å². The van der Waals surface area contributed by atoms with Gasteiger partial charge in [-0.2, -0.15) is 0 Å². The number of thiazole rings is 1. The van der Waals surface area contributed by atoms with Gasteiger partial charge < -0.3 is 10.1 Å². The summed E-state index contributed by atoms with van der Waals surface area (Å²) in [6, 6.07) is 8.65. The Balaban J connectivity index is 1.59. The van der Waals surface area contributed by atoms with Gasteiger partial charge in [-0.3, -0.25) is 4.72 Å². The number of halogens is 2. The van der Waals surface area contributed by atoms with Crippen LogP contribution in [0.15, 0.2) is 41.3 Å². The molecule has 1 aliphatic carbocycles. The summed E-state index contributed by atoms with van der Waals surface area (Å²) in [4.78, 5) is 5.51. The van der Waals surface area contributed by atoms with Crippen molar-refractivity contribution in [3.8, 4) is 16.2 Å². The van der Waals surface area contributed by atoms with Crippen LogP contribution in [-0.4, -0.2) is 27.1 Å². The number of aryl methyl sites for hydroxylation is 1. The molecule has 1 heterocycles. The molecule has 10 heteroatoms. The van der Waals surface area contributed by atoms with Crippen LogP contribution in [0.3, 0.4) is 0 Å². The lowest BCUT2D eigenvalue weighted by molar-refractivity contribution is 0.373. The third-order valence-corrected chi connectivity index (χ3v) is 8.81. The zero-order valence-electron chi connectivity index (χ0n) is 19.0. The van der Waals surface area contributed by atoms with Gasteiger partial charge in [0.1, 0.15) is 16.5 Å². The Bertz CT molecular complexity index is 1270. The van der Waals surface area contributed by atoms with Crippen LogP contribution in [0.2, 0.25) is 5.02 Å². The maximum Gasteiger partial charge on any atom is 0.265 e. The first-order chi connectivity index (χ1) is 16.3. The molecule has 0 unspecified atom stereocenters. The molecule has 34 heavy (non-hydrogen) atoms. The summed E-state index contributed by atoms with van der Waals surface area (Å²) in [5.74, 6) is 0.241. The number of aromatic nitrogens is 1. The van der Waals surface area contributed by atoms with Crippen molar-refractivity contribution in [1.82, 2.24) is 4.98 Å². The second kappa shape index (κ2) is 10.5. The number of hydrogen-bond acceptors (Lipinski definition) is 6. The lowest BCUT2D eigenvalue weighted by Gasteiger charge is -2.21. The summed E-state index contributed by atoms with van der Waals surface area (Å²) in [6.45, 7) is 2.81. The number of sulfonamides is 1. The van der Waals surface area contributed by atoms with Crippen molar-refractivity contribution >= 4 is 43.8 Å². The molecule has 1 fully saturated rings. The summed E-state index contributed by atoms with van der Waals surface area (Å²) in [7, 11) is -2.62. The first kappa shape index (κ1) is 24.8. The molecular weight excluding hydrogens is 497 g/mol. The van der Waals surface area contributed by atoms with Crippen molar-refractivity contribution < 1.29 is 17.5 Å². The van der Waals surface area contributed by atoms with E-state index >= 15 is 0 Å². The second-order valence-electron chi connectivity index (χ2n) is 8.42. The molecule has 1 aromatic heterocycles. The molecule has 0 spiro atoms. The fourth-order valence-electron chi connectivity index (χ4n) is 4.16. The third-order valence-electron chi connectivity index (χ3n) is 5.95. The highest BCUT2D eigenvalue weighted by atomic mass is 35.5. The number of hydrogen-bond donors (Lipinski definition) is 2. The van der Waals surface area contributed by atoms with E-state index in [9.17, 15) is 12.8 Å². The fraction of sp³-hybridized carbons (Fsp3) is 0.375. The summed E-state index contributed by atoms with van der Waals surface area (Å²) < 4.78 is 47.6. The third kappa shape index (κ3) is 5.64. The zero-order valence-corrected chi connectivity index (χ0v) is 21.4. The number of methoxy groups -OCH3 is 1. The van der Waals surface area contributed by atoms with Gasteiger partial charge in [-0.25, -0.2) is 17.8 Å². The molecule has 2 aromatic carbocycles. The highest BCUT2D eigenvalue weighted by Crippen LogP contribution is 2.37. The van der Waals surface area contributed by atoms with E-state index in [1.807, 2.05) is 13.0 Å². The minimum atomic E-state index is -4.03. The van der Waals surface area contributed by atoms with Crippen LogP contribution in [0.5, 0.6) is 5.75 Å². The topological polar surface area (TPSA) is 80.3 Å². The minimum absolute atomic E-state index is 0.0301. The SMILES string of the molecule is COc1ccc(-c2sc(NCC3CCCCC3)nc2C)cc1S(=O)(=O)Nc1ccc(F)c(Cl)c1. The van der Waals surface area contributed by atoms with E-state index < -0.39 is 15.8 Å². The van der Waals surface area contributed by atoms with Crippen LogP contribution in [-0.2, 0) is 10.0 Å². The largest absolute Gasteiger partial charge is 0.495 e. The van der Waals surface area contributed by atoms with E-state index in [0.717, 1.165) is 33.9 Å². The lowest BCUT2D eigenvalue weighted by atomic mass is 9.89. The smallest absolute Gasteiger partial charge is 0.265 e. The quantitative estimate of drug-likeness (QED) is 0.343. The highest BCUT2D eigenvalue weighted by Gasteiger charge is 2.23. The Morgan fingerprint density at radius 3 is 2.65 bits per heavy atom. The van der Waals surface area contributed by atoms with Crippen molar-refractivity contribution in [1.29, 1.82) is 0 Å². The predicted molar refractivity (Wildman–Crippen MR) is 136 cm³/mol. The van der Waals surface area contributed by atoms with E-state index in [4.69, 9.17) is 16.3 Å². The number of benzene rings is 2. The van der Waals surface area contributed by atoms with Crippen LogP contribution >= 0.6 is 22.9 Å².